The normalized spacial score (nSPS) is 23.9. The van der Waals surface area contributed by atoms with E-state index in [-0.39, 0.29) is 11.9 Å². The van der Waals surface area contributed by atoms with Gasteiger partial charge in [0.1, 0.15) is 0 Å². The minimum Gasteiger partial charge on any atom is -0.342 e. The van der Waals surface area contributed by atoms with Gasteiger partial charge in [-0.15, -0.1) is 0 Å². The Morgan fingerprint density at radius 2 is 2.33 bits per heavy atom. The molecule has 1 aliphatic heterocycles. The van der Waals surface area contributed by atoms with Crippen molar-refractivity contribution in [1.82, 2.24) is 4.90 Å². The Bertz CT molecular complexity index is 202. The third kappa shape index (κ3) is 4.20. The van der Waals surface area contributed by atoms with Gasteiger partial charge >= 0.3 is 0 Å². The molecule has 0 spiro atoms. The number of rotatable bonds is 4. The van der Waals surface area contributed by atoms with E-state index in [0.29, 0.717) is 6.42 Å². The lowest BCUT2D eigenvalue weighted by molar-refractivity contribution is -0.133. The SMILES string of the molecule is CCCC1CCCN(C(=O)CC(C)N)C1. The number of carbonyl (C=O) groups excluding carboxylic acids is 1. The summed E-state index contributed by atoms with van der Waals surface area (Å²) in [4.78, 5) is 13.8. The first-order valence-corrected chi connectivity index (χ1v) is 6.16. The molecule has 2 unspecified atom stereocenters. The topological polar surface area (TPSA) is 46.3 Å². The van der Waals surface area contributed by atoms with Crippen LogP contribution in [0, 0.1) is 5.92 Å². The molecule has 0 aromatic heterocycles. The number of amides is 1. The van der Waals surface area contributed by atoms with Gasteiger partial charge < -0.3 is 10.6 Å². The minimum atomic E-state index is -0.0101. The molecule has 15 heavy (non-hydrogen) atoms. The summed E-state index contributed by atoms with van der Waals surface area (Å²) in [7, 11) is 0. The van der Waals surface area contributed by atoms with E-state index >= 15 is 0 Å². The third-order valence-corrected chi connectivity index (χ3v) is 3.07. The summed E-state index contributed by atoms with van der Waals surface area (Å²) in [6, 6.07) is -0.0101. The van der Waals surface area contributed by atoms with Gasteiger partial charge in [0, 0.05) is 25.6 Å². The standard InChI is InChI=1S/C12H24N2O/c1-3-5-11-6-4-7-14(9-11)12(15)8-10(2)13/h10-11H,3-9,13H2,1-2H3. The summed E-state index contributed by atoms with van der Waals surface area (Å²) >= 11 is 0. The van der Waals surface area contributed by atoms with Crippen molar-refractivity contribution in [3.8, 4) is 0 Å². The second kappa shape index (κ2) is 6.11. The Labute approximate surface area is 93.0 Å². The molecule has 0 aromatic rings. The van der Waals surface area contributed by atoms with Crippen molar-refractivity contribution in [3.63, 3.8) is 0 Å². The van der Waals surface area contributed by atoms with Crippen LogP contribution in [-0.4, -0.2) is 29.9 Å². The van der Waals surface area contributed by atoms with E-state index in [1.807, 2.05) is 11.8 Å². The van der Waals surface area contributed by atoms with Crippen LogP contribution in [0.1, 0.15) is 46.0 Å². The van der Waals surface area contributed by atoms with Gasteiger partial charge in [-0.2, -0.15) is 0 Å². The zero-order valence-electron chi connectivity index (χ0n) is 10.0. The van der Waals surface area contributed by atoms with Crippen LogP contribution in [0.3, 0.4) is 0 Å². The average Bonchev–Trinajstić information content (AvgIpc) is 2.17. The van der Waals surface area contributed by atoms with Crippen LogP contribution in [-0.2, 0) is 4.79 Å². The van der Waals surface area contributed by atoms with Crippen molar-refractivity contribution >= 4 is 5.91 Å². The maximum atomic E-state index is 11.8. The lowest BCUT2D eigenvalue weighted by Crippen LogP contribution is -2.41. The molecule has 1 aliphatic rings. The minimum absolute atomic E-state index is 0.0101. The van der Waals surface area contributed by atoms with Crippen molar-refractivity contribution < 1.29 is 4.79 Å². The summed E-state index contributed by atoms with van der Waals surface area (Å²) < 4.78 is 0. The first-order valence-electron chi connectivity index (χ1n) is 6.16. The van der Waals surface area contributed by atoms with Gasteiger partial charge in [0.05, 0.1) is 0 Å². The highest BCUT2D eigenvalue weighted by Crippen LogP contribution is 2.21. The van der Waals surface area contributed by atoms with Crippen molar-refractivity contribution in [1.29, 1.82) is 0 Å². The molecule has 1 rings (SSSR count). The number of hydrogen-bond donors (Lipinski definition) is 1. The average molecular weight is 212 g/mol. The van der Waals surface area contributed by atoms with E-state index in [4.69, 9.17) is 5.73 Å². The van der Waals surface area contributed by atoms with Crippen LogP contribution >= 0.6 is 0 Å². The number of nitrogens with two attached hydrogens (primary N) is 1. The van der Waals surface area contributed by atoms with E-state index < -0.39 is 0 Å². The number of nitrogens with zero attached hydrogens (tertiary/aromatic N) is 1. The molecule has 1 saturated heterocycles. The second-order valence-electron chi connectivity index (χ2n) is 4.82. The van der Waals surface area contributed by atoms with Crippen molar-refractivity contribution in [2.45, 2.75) is 52.0 Å². The smallest absolute Gasteiger partial charge is 0.224 e. The largest absolute Gasteiger partial charge is 0.342 e. The molecule has 3 nitrogen and oxygen atoms in total. The van der Waals surface area contributed by atoms with E-state index in [0.717, 1.165) is 25.4 Å². The monoisotopic (exact) mass is 212 g/mol. The van der Waals surface area contributed by atoms with Gasteiger partial charge in [-0.1, -0.05) is 13.3 Å². The Hall–Kier alpha value is -0.570. The lowest BCUT2D eigenvalue weighted by Gasteiger charge is -2.33. The summed E-state index contributed by atoms with van der Waals surface area (Å²) in [5.74, 6) is 0.964. The van der Waals surface area contributed by atoms with E-state index in [9.17, 15) is 4.79 Å². The van der Waals surface area contributed by atoms with Gasteiger partial charge in [0.25, 0.3) is 0 Å². The van der Waals surface area contributed by atoms with Crippen LogP contribution < -0.4 is 5.73 Å². The predicted molar refractivity (Wildman–Crippen MR) is 62.5 cm³/mol. The number of hydrogen-bond acceptors (Lipinski definition) is 2. The molecule has 0 aliphatic carbocycles. The molecule has 1 amide bonds. The van der Waals surface area contributed by atoms with E-state index in [2.05, 4.69) is 6.92 Å². The first kappa shape index (κ1) is 12.5. The van der Waals surface area contributed by atoms with Gasteiger partial charge in [0.2, 0.25) is 5.91 Å². The molecule has 0 saturated carbocycles. The summed E-state index contributed by atoms with van der Waals surface area (Å²) in [5, 5.41) is 0. The molecular formula is C12H24N2O. The molecule has 3 heteroatoms. The van der Waals surface area contributed by atoms with E-state index in [1.54, 1.807) is 0 Å². The molecule has 88 valence electrons. The fourth-order valence-electron chi connectivity index (χ4n) is 2.34. The molecule has 2 atom stereocenters. The number of carbonyl (C=O) groups is 1. The van der Waals surface area contributed by atoms with Gasteiger partial charge in [0.15, 0.2) is 0 Å². The molecule has 0 bridgehead atoms. The Balaban J connectivity index is 2.38. The van der Waals surface area contributed by atoms with E-state index in [1.165, 1.54) is 19.3 Å². The molecule has 2 N–H and O–H groups in total. The fraction of sp³-hybridized carbons (Fsp3) is 0.917. The van der Waals surface area contributed by atoms with Crippen LogP contribution in [0.15, 0.2) is 0 Å². The highest BCUT2D eigenvalue weighted by atomic mass is 16.2. The summed E-state index contributed by atoms with van der Waals surface area (Å²) in [6.45, 7) is 6.00. The number of piperidine rings is 1. The summed E-state index contributed by atoms with van der Waals surface area (Å²) in [6.07, 6.45) is 5.42. The van der Waals surface area contributed by atoms with Gasteiger partial charge in [-0.05, 0) is 32.1 Å². The van der Waals surface area contributed by atoms with Crippen molar-refractivity contribution in [3.05, 3.63) is 0 Å². The Morgan fingerprint density at radius 1 is 1.60 bits per heavy atom. The van der Waals surface area contributed by atoms with Crippen molar-refractivity contribution in [2.75, 3.05) is 13.1 Å². The summed E-state index contributed by atoms with van der Waals surface area (Å²) in [5.41, 5.74) is 5.65. The highest BCUT2D eigenvalue weighted by molar-refractivity contribution is 5.76. The van der Waals surface area contributed by atoms with Crippen molar-refractivity contribution in [2.24, 2.45) is 11.7 Å². The van der Waals surface area contributed by atoms with Crippen LogP contribution in [0.5, 0.6) is 0 Å². The third-order valence-electron chi connectivity index (χ3n) is 3.07. The fourth-order valence-corrected chi connectivity index (χ4v) is 2.34. The lowest BCUT2D eigenvalue weighted by atomic mass is 9.93. The van der Waals surface area contributed by atoms with Gasteiger partial charge in [-0.25, -0.2) is 0 Å². The quantitative estimate of drug-likeness (QED) is 0.772. The maximum Gasteiger partial charge on any atom is 0.224 e. The zero-order valence-corrected chi connectivity index (χ0v) is 10.0. The molecular weight excluding hydrogens is 188 g/mol. The second-order valence-corrected chi connectivity index (χ2v) is 4.82. The molecule has 0 radical (unpaired) electrons. The zero-order chi connectivity index (χ0) is 11.3. The van der Waals surface area contributed by atoms with Crippen LogP contribution in [0.2, 0.25) is 0 Å². The first-order chi connectivity index (χ1) is 7.13. The van der Waals surface area contributed by atoms with Crippen LogP contribution in [0.4, 0.5) is 0 Å². The molecule has 0 aromatic carbocycles. The highest BCUT2D eigenvalue weighted by Gasteiger charge is 2.23. The molecule has 1 fully saturated rings. The molecule has 1 heterocycles. The Kier molecular flexibility index (Phi) is 5.09. The van der Waals surface area contributed by atoms with Crippen LogP contribution in [0.25, 0.3) is 0 Å². The van der Waals surface area contributed by atoms with Gasteiger partial charge in [-0.3, -0.25) is 4.79 Å². The number of likely N-dealkylation sites (tertiary alicyclic amines) is 1. The Morgan fingerprint density at radius 3 is 2.93 bits per heavy atom. The predicted octanol–water partition coefficient (Wildman–Crippen LogP) is 1.76. The maximum absolute atomic E-state index is 11.8.